The molecule has 0 unspecified atom stereocenters. The highest BCUT2D eigenvalue weighted by atomic mass is 16.5. The van der Waals surface area contributed by atoms with Crippen LogP contribution in [0.15, 0.2) is 62.7 Å². The zero-order valence-electron chi connectivity index (χ0n) is 16.0. The van der Waals surface area contributed by atoms with E-state index in [1.54, 1.807) is 6.26 Å². The fraction of sp³-hybridized carbons (Fsp3) is 0.381. The Balaban J connectivity index is 1.38. The first-order valence-corrected chi connectivity index (χ1v) is 9.75. The second kappa shape index (κ2) is 7.13. The van der Waals surface area contributed by atoms with Crippen molar-refractivity contribution in [2.75, 3.05) is 13.1 Å². The summed E-state index contributed by atoms with van der Waals surface area (Å²) in [6.07, 6.45) is 2.47. The van der Waals surface area contributed by atoms with Gasteiger partial charge in [-0.05, 0) is 24.1 Å². The minimum absolute atomic E-state index is 0.221. The number of likely N-dealkylation sites (tertiary alicyclic amines) is 1. The molecule has 0 aliphatic carbocycles. The number of hydrogen-bond acceptors (Lipinski definition) is 6. The first-order chi connectivity index (χ1) is 14.1. The normalized spacial score (nSPS) is 21.5. The Morgan fingerprint density at radius 1 is 1.00 bits per heavy atom. The molecular weight excluding hydrogens is 372 g/mol. The Labute approximate surface area is 166 Å². The van der Waals surface area contributed by atoms with Gasteiger partial charge in [-0.15, -0.1) is 0 Å². The van der Waals surface area contributed by atoms with Crippen molar-refractivity contribution in [3.05, 3.63) is 86.6 Å². The predicted octanol–water partition coefficient (Wildman–Crippen LogP) is 1.22. The highest BCUT2D eigenvalue weighted by Crippen LogP contribution is 2.31. The summed E-state index contributed by atoms with van der Waals surface area (Å²) >= 11 is 0. The molecule has 0 saturated carbocycles. The fourth-order valence-electron chi connectivity index (χ4n) is 4.20. The van der Waals surface area contributed by atoms with Crippen molar-refractivity contribution >= 4 is 0 Å². The van der Waals surface area contributed by atoms with Crippen LogP contribution in [0.4, 0.5) is 0 Å². The third kappa shape index (κ3) is 3.45. The van der Waals surface area contributed by atoms with E-state index in [2.05, 4.69) is 10.00 Å². The van der Waals surface area contributed by atoms with Gasteiger partial charge < -0.3 is 9.15 Å². The molecule has 1 aromatic carbocycles. The van der Waals surface area contributed by atoms with Gasteiger partial charge in [-0.3, -0.25) is 19.1 Å². The van der Waals surface area contributed by atoms with Crippen LogP contribution in [0.3, 0.4) is 0 Å². The van der Waals surface area contributed by atoms with E-state index in [-0.39, 0.29) is 13.2 Å². The molecule has 29 heavy (non-hydrogen) atoms. The van der Waals surface area contributed by atoms with E-state index < -0.39 is 16.7 Å². The van der Waals surface area contributed by atoms with Crippen LogP contribution in [-0.4, -0.2) is 37.9 Å². The van der Waals surface area contributed by atoms with Gasteiger partial charge in [0.2, 0.25) is 0 Å². The molecule has 0 amide bonds. The van der Waals surface area contributed by atoms with E-state index in [0.29, 0.717) is 25.5 Å². The molecule has 4 heterocycles. The van der Waals surface area contributed by atoms with E-state index in [1.165, 1.54) is 9.25 Å². The third-order valence-electron chi connectivity index (χ3n) is 5.69. The van der Waals surface area contributed by atoms with Crippen molar-refractivity contribution in [3.63, 3.8) is 0 Å². The van der Waals surface area contributed by atoms with Gasteiger partial charge in [0.15, 0.2) is 5.82 Å². The first kappa shape index (κ1) is 18.1. The molecule has 8 heteroatoms. The highest BCUT2D eigenvalue weighted by molar-refractivity contribution is 5.15. The number of ether oxygens (including phenoxy) is 1. The Hall–Kier alpha value is -2.97. The van der Waals surface area contributed by atoms with Gasteiger partial charge in [-0.25, -0.2) is 4.68 Å². The second-order valence-electron chi connectivity index (χ2n) is 7.77. The lowest BCUT2D eigenvalue weighted by atomic mass is 10.0. The topological polar surface area (TPSA) is 82.5 Å². The van der Waals surface area contributed by atoms with Gasteiger partial charge >= 0.3 is 11.1 Å². The number of benzene rings is 1. The van der Waals surface area contributed by atoms with Crippen LogP contribution in [0.2, 0.25) is 0 Å². The average Bonchev–Trinajstić information content (AvgIpc) is 3.38. The van der Waals surface area contributed by atoms with E-state index >= 15 is 0 Å². The number of fused-ring (bicyclic) bond motifs is 1. The molecule has 2 aliphatic heterocycles. The Morgan fingerprint density at radius 3 is 2.66 bits per heavy atom. The summed E-state index contributed by atoms with van der Waals surface area (Å²) in [7, 11) is 0. The molecule has 2 aliphatic rings. The van der Waals surface area contributed by atoms with E-state index in [9.17, 15) is 9.59 Å². The molecule has 0 bridgehead atoms. The minimum atomic E-state index is -0.597. The average molecular weight is 394 g/mol. The first-order valence-electron chi connectivity index (χ1n) is 9.75. The minimum Gasteiger partial charge on any atom is -0.468 e. The summed E-state index contributed by atoms with van der Waals surface area (Å²) in [5.41, 5.74) is -0.675. The van der Waals surface area contributed by atoms with Gasteiger partial charge in [0.25, 0.3) is 0 Å². The van der Waals surface area contributed by atoms with Crippen molar-refractivity contribution in [3.8, 4) is 0 Å². The van der Waals surface area contributed by atoms with E-state index in [4.69, 9.17) is 9.15 Å². The molecule has 5 rings (SSSR count). The molecule has 0 radical (unpaired) electrons. The van der Waals surface area contributed by atoms with E-state index in [1.807, 2.05) is 42.5 Å². The molecule has 1 spiro atoms. The maximum absolute atomic E-state index is 12.8. The van der Waals surface area contributed by atoms with Crippen molar-refractivity contribution in [1.82, 2.24) is 19.2 Å². The van der Waals surface area contributed by atoms with Crippen LogP contribution in [0.1, 0.15) is 23.6 Å². The van der Waals surface area contributed by atoms with Gasteiger partial charge in [0.1, 0.15) is 18.0 Å². The van der Waals surface area contributed by atoms with Crippen LogP contribution in [-0.2, 0) is 31.0 Å². The summed E-state index contributed by atoms with van der Waals surface area (Å²) in [5.74, 6) is 1.40. The summed E-state index contributed by atoms with van der Waals surface area (Å²) in [6, 6.07) is 13.3. The van der Waals surface area contributed by atoms with Crippen LogP contribution in [0, 0.1) is 0 Å². The molecule has 1 atom stereocenters. The molecule has 3 aromatic rings. The lowest BCUT2D eigenvalue weighted by Crippen LogP contribution is -2.53. The smallest absolute Gasteiger partial charge is 0.332 e. The molecule has 1 saturated heterocycles. The van der Waals surface area contributed by atoms with Gasteiger partial charge in [-0.2, -0.15) is 5.10 Å². The summed E-state index contributed by atoms with van der Waals surface area (Å²) < 4.78 is 14.4. The van der Waals surface area contributed by atoms with Crippen molar-refractivity contribution in [1.29, 1.82) is 0 Å². The van der Waals surface area contributed by atoms with Crippen molar-refractivity contribution < 1.29 is 9.15 Å². The number of furan rings is 1. The van der Waals surface area contributed by atoms with Crippen molar-refractivity contribution in [2.24, 2.45) is 0 Å². The summed E-state index contributed by atoms with van der Waals surface area (Å²) in [5, 5.41) is 4.42. The maximum Gasteiger partial charge on any atom is 0.332 e. The Morgan fingerprint density at radius 2 is 1.86 bits per heavy atom. The van der Waals surface area contributed by atoms with Crippen LogP contribution >= 0.6 is 0 Å². The molecule has 150 valence electrons. The Bertz CT molecular complexity index is 1120. The molecule has 2 aromatic heterocycles. The standard InChI is InChI=1S/C21H22N4O4/c26-19-20(27)25(11-16-5-2-1-3-6-16)22-18-13-29-21(15-24(18)19)8-9-23(14-21)12-17-7-4-10-28-17/h1-7,10H,8-9,11-15H2/t21-/m0/s1. The van der Waals surface area contributed by atoms with Crippen LogP contribution in [0.5, 0.6) is 0 Å². The molecule has 8 nitrogen and oxygen atoms in total. The Kier molecular flexibility index (Phi) is 4.44. The molecular formula is C21H22N4O4. The lowest BCUT2D eigenvalue weighted by Gasteiger charge is -2.35. The fourth-order valence-corrected chi connectivity index (χ4v) is 4.20. The predicted molar refractivity (Wildman–Crippen MR) is 104 cm³/mol. The zero-order chi connectivity index (χ0) is 19.8. The summed E-state index contributed by atoms with van der Waals surface area (Å²) in [6.45, 7) is 3.08. The molecule has 1 fully saturated rings. The number of nitrogens with zero attached hydrogens (tertiary/aromatic N) is 4. The number of hydrogen-bond donors (Lipinski definition) is 0. The zero-order valence-corrected chi connectivity index (χ0v) is 16.0. The molecule has 0 N–H and O–H groups in total. The highest BCUT2D eigenvalue weighted by Gasteiger charge is 2.43. The van der Waals surface area contributed by atoms with Gasteiger partial charge in [-0.1, -0.05) is 30.3 Å². The van der Waals surface area contributed by atoms with Gasteiger partial charge in [0.05, 0.1) is 25.9 Å². The number of aromatic nitrogens is 3. The van der Waals surface area contributed by atoms with Crippen LogP contribution < -0.4 is 11.1 Å². The van der Waals surface area contributed by atoms with E-state index in [0.717, 1.165) is 24.3 Å². The maximum atomic E-state index is 12.8. The van der Waals surface area contributed by atoms with Crippen molar-refractivity contribution in [2.45, 2.75) is 38.3 Å². The van der Waals surface area contributed by atoms with Gasteiger partial charge in [0, 0.05) is 13.1 Å². The lowest BCUT2D eigenvalue weighted by molar-refractivity contribution is -0.0860. The SMILES string of the molecule is O=c1c(=O)n2c(nn1Cc1ccccc1)CO[C@]1(CCN(Cc3ccco3)C1)C2. The summed E-state index contributed by atoms with van der Waals surface area (Å²) in [4.78, 5) is 27.7. The van der Waals surface area contributed by atoms with Crippen LogP contribution in [0.25, 0.3) is 0 Å². The quantitative estimate of drug-likeness (QED) is 0.619. The number of rotatable bonds is 4. The second-order valence-corrected chi connectivity index (χ2v) is 7.77. The largest absolute Gasteiger partial charge is 0.468 e. The third-order valence-corrected chi connectivity index (χ3v) is 5.69. The monoisotopic (exact) mass is 394 g/mol.